The third-order valence-corrected chi connectivity index (χ3v) is 8.53. The molecular weight excluding hydrogens is 446 g/mol. The standard InChI is InChI=1S/C24H32ClN3O3S/c1-18-13-19(25)15-22(14-18)31-23-9-8-20(26(2)3)16-24(23)32(29,30)28-12-6-7-21(28)17-27-10-4-5-11-27/h8-9,13-16,21H,4-7,10-12,17H2,1-3H3/p+1. The van der Waals surface area contributed by atoms with Crippen molar-refractivity contribution in [3.63, 3.8) is 0 Å². The van der Waals surface area contributed by atoms with Gasteiger partial charge in [0.2, 0.25) is 10.0 Å². The molecule has 2 aliphatic rings. The van der Waals surface area contributed by atoms with Gasteiger partial charge in [0.1, 0.15) is 22.1 Å². The Labute approximate surface area is 196 Å². The molecule has 2 heterocycles. The second-order valence-corrected chi connectivity index (χ2v) is 11.4. The summed E-state index contributed by atoms with van der Waals surface area (Å²) in [6.45, 7) is 5.41. The minimum Gasteiger partial charge on any atom is -0.456 e. The summed E-state index contributed by atoms with van der Waals surface area (Å²) in [6.07, 6.45) is 4.19. The van der Waals surface area contributed by atoms with Crippen LogP contribution < -0.4 is 9.64 Å². The highest BCUT2D eigenvalue weighted by molar-refractivity contribution is 7.89. The van der Waals surface area contributed by atoms with Crippen LogP contribution in [-0.2, 0) is 10.0 Å². The van der Waals surface area contributed by atoms with Gasteiger partial charge in [-0.25, -0.2) is 8.42 Å². The van der Waals surface area contributed by atoms with Crippen LogP contribution in [0.3, 0.4) is 0 Å². The average molecular weight is 479 g/mol. The van der Waals surface area contributed by atoms with Gasteiger partial charge in [0.15, 0.2) is 0 Å². The molecule has 2 fully saturated rings. The predicted molar refractivity (Wildman–Crippen MR) is 128 cm³/mol. The predicted octanol–water partition coefficient (Wildman–Crippen LogP) is 3.47. The lowest BCUT2D eigenvalue weighted by molar-refractivity contribution is -0.786. The van der Waals surface area contributed by atoms with Crippen LogP contribution in [0.4, 0.5) is 5.69 Å². The van der Waals surface area contributed by atoms with Crippen molar-refractivity contribution in [1.82, 2.24) is 9.21 Å². The minimum atomic E-state index is -3.72. The maximum Gasteiger partial charge on any atom is 0.247 e. The van der Waals surface area contributed by atoms with Crippen molar-refractivity contribution in [1.29, 1.82) is 0 Å². The van der Waals surface area contributed by atoms with E-state index in [4.69, 9.17) is 16.3 Å². The fourth-order valence-corrected chi connectivity index (χ4v) is 6.80. The summed E-state index contributed by atoms with van der Waals surface area (Å²) in [5.41, 5.74) is 1.85. The highest BCUT2D eigenvalue weighted by Crippen LogP contribution is 2.36. The SMILES string of the molecule is Cc1cc(Cl)cc(Oc2ccc([NH+](C)C)cc2S(=O)(=O)N2CCCC2CN2CCCC2)c1. The van der Waals surface area contributed by atoms with Crippen LogP contribution in [0, 0.1) is 6.92 Å². The number of rotatable bonds is 7. The molecule has 0 radical (unpaired) electrons. The van der Waals surface area contributed by atoms with E-state index in [9.17, 15) is 8.42 Å². The van der Waals surface area contributed by atoms with Gasteiger partial charge in [0.05, 0.1) is 14.1 Å². The molecule has 0 amide bonds. The molecule has 0 spiro atoms. The number of nitrogens with zero attached hydrogens (tertiary/aromatic N) is 2. The largest absolute Gasteiger partial charge is 0.456 e. The lowest BCUT2D eigenvalue weighted by Crippen LogP contribution is -3.00. The molecule has 174 valence electrons. The Morgan fingerprint density at radius 3 is 2.50 bits per heavy atom. The number of hydrogen-bond donors (Lipinski definition) is 1. The van der Waals surface area contributed by atoms with Gasteiger partial charge in [-0.05, 0) is 75.5 Å². The topological polar surface area (TPSA) is 54.3 Å². The van der Waals surface area contributed by atoms with E-state index in [1.54, 1.807) is 22.5 Å². The molecule has 2 aromatic carbocycles. The van der Waals surface area contributed by atoms with E-state index in [0.29, 0.717) is 23.1 Å². The number of quaternary nitrogens is 1. The maximum absolute atomic E-state index is 13.9. The first kappa shape index (κ1) is 23.5. The zero-order chi connectivity index (χ0) is 22.9. The monoisotopic (exact) mass is 478 g/mol. The number of likely N-dealkylation sites (tertiary alicyclic amines) is 1. The van der Waals surface area contributed by atoms with Crippen LogP contribution in [-0.4, -0.2) is 63.9 Å². The molecule has 2 saturated heterocycles. The first-order chi connectivity index (χ1) is 15.2. The van der Waals surface area contributed by atoms with Crippen LogP contribution >= 0.6 is 11.6 Å². The first-order valence-corrected chi connectivity index (χ1v) is 13.2. The number of sulfonamides is 1. The maximum atomic E-state index is 13.9. The van der Waals surface area contributed by atoms with E-state index in [2.05, 4.69) is 4.90 Å². The molecule has 2 aliphatic heterocycles. The Kier molecular flexibility index (Phi) is 7.12. The summed E-state index contributed by atoms with van der Waals surface area (Å²) in [5.74, 6) is 0.870. The van der Waals surface area contributed by atoms with Gasteiger partial charge >= 0.3 is 0 Å². The fraction of sp³-hybridized carbons (Fsp3) is 0.500. The third kappa shape index (κ3) is 5.13. The van der Waals surface area contributed by atoms with Crippen LogP contribution in [0.1, 0.15) is 31.2 Å². The van der Waals surface area contributed by atoms with Crippen molar-refractivity contribution in [2.75, 3.05) is 40.3 Å². The fourth-order valence-electron chi connectivity index (χ4n) is 4.69. The lowest BCUT2D eigenvalue weighted by atomic mass is 10.2. The van der Waals surface area contributed by atoms with Gasteiger partial charge in [-0.3, -0.25) is 0 Å². The molecular formula is C24H33ClN3O3S+. The van der Waals surface area contributed by atoms with Crippen molar-refractivity contribution in [2.45, 2.75) is 43.5 Å². The zero-order valence-corrected chi connectivity index (χ0v) is 20.7. The van der Waals surface area contributed by atoms with Crippen molar-refractivity contribution in [3.8, 4) is 11.5 Å². The second kappa shape index (κ2) is 9.69. The number of aryl methyl sites for hydroxylation is 1. The van der Waals surface area contributed by atoms with Crippen LogP contribution in [0.25, 0.3) is 0 Å². The number of halogens is 1. The van der Waals surface area contributed by atoms with Crippen molar-refractivity contribution in [2.24, 2.45) is 0 Å². The van der Waals surface area contributed by atoms with Crippen molar-refractivity contribution < 1.29 is 18.1 Å². The zero-order valence-electron chi connectivity index (χ0n) is 19.1. The molecule has 0 saturated carbocycles. The van der Waals surface area contributed by atoms with E-state index in [1.165, 1.54) is 12.8 Å². The molecule has 0 aliphatic carbocycles. The summed E-state index contributed by atoms with van der Waals surface area (Å²) in [4.78, 5) is 3.68. The molecule has 2 aromatic rings. The van der Waals surface area contributed by atoms with E-state index in [1.807, 2.05) is 39.2 Å². The number of ether oxygens (including phenoxy) is 1. The van der Waals surface area contributed by atoms with Crippen LogP contribution in [0.5, 0.6) is 11.5 Å². The quantitative estimate of drug-likeness (QED) is 0.662. The summed E-state index contributed by atoms with van der Waals surface area (Å²) < 4.78 is 35.7. The molecule has 32 heavy (non-hydrogen) atoms. The Balaban J connectivity index is 1.69. The molecule has 8 heteroatoms. The Morgan fingerprint density at radius 2 is 1.81 bits per heavy atom. The van der Waals surface area contributed by atoms with Crippen molar-refractivity contribution >= 4 is 27.3 Å². The summed E-state index contributed by atoms with van der Waals surface area (Å²) in [5, 5.41) is 0.559. The highest BCUT2D eigenvalue weighted by Gasteiger charge is 2.38. The molecule has 0 bridgehead atoms. The van der Waals surface area contributed by atoms with E-state index in [0.717, 1.165) is 48.6 Å². The van der Waals surface area contributed by atoms with Crippen molar-refractivity contribution in [3.05, 3.63) is 47.0 Å². The van der Waals surface area contributed by atoms with Gasteiger partial charge in [-0.1, -0.05) is 11.6 Å². The summed E-state index contributed by atoms with van der Waals surface area (Å²) in [6, 6.07) is 10.8. The normalized spacial score (nSPS) is 20.3. The van der Waals surface area contributed by atoms with E-state index in [-0.39, 0.29) is 10.9 Å². The molecule has 1 unspecified atom stereocenters. The number of benzene rings is 2. The summed E-state index contributed by atoms with van der Waals surface area (Å²) in [7, 11) is 0.248. The Bertz CT molecular complexity index is 1050. The van der Waals surface area contributed by atoms with Gasteiger partial charge in [0, 0.05) is 36.3 Å². The number of nitrogens with one attached hydrogen (secondary N) is 1. The molecule has 6 nitrogen and oxygen atoms in total. The van der Waals surface area contributed by atoms with Gasteiger partial charge in [0.25, 0.3) is 0 Å². The van der Waals surface area contributed by atoms with Gasteiger partial charge in [-0.2, -0.15) is 4.31 Å². The lowest BCUT2D eigenvalue weighted by Gasteiger charge is -2.28. The molecule has 1 atom stereocenters. The first-order valence-electron chi connectivity index (χ1n) is 11.4. The molecule has 1 N–H and O–H groups in total. The summed E-state index contributed by atoms with van der Waals surface area (Å²) >= 11 is 6.20. The highest BCUT2D eigenvalue weighted by atomic mass is 35.5. The Hall–Kier alpha value is -1.64. The smallest absolute Gasteiger partial charge is 0.247 e. The Morgan fingerprint density at radius 1 is 1.06 bits per heavy atom. The average Bonchev–Trinajstić information content (AvgIpc) is 3.40. The number of hydrogen-bond acceptors (Lipinski definition) is 4. The van der Waals surface area contributed by atoms with Gasteiger partial charge < -0.3 is 14.5 Å². The second-order valence-electron chi connectivity index (χ2n) is 9.15. The molecule has 4 rings (SSSR count). The minimum absolute atomic E-state index is 0.00900. The van der Waals surface area contributed by atoms with Crippen LogP contribution in [0.2, 0.25) is 5.02 Å². The van der Waals surface area contributed by atoms with E-state index < -0.39 is 10.0 Å². The van der Waals surface area contributed by atoms with Gasteiger partial charge in [-0.15, -0.1) is 0 Å². The third-order valence-electron chi connectivity index (χ3n) is 6.34. The van der Waals surface area contributed by atoms with E-state index >= 15 is 0 Å². The van der Waals surface area contributed by atoms with Crippen LogP contribution in [0.15, 0.2) is 41.3 Å². The molecule has 0 aromatic heterocycles.